The molecule has 0 bridgehead atoms. The Morgan fingerprint density at radius 3 is 2.59 bits per heavy atom. The maximum absolute atomic E-state index is 6.08. The third kappa shape index (κ3) is 5.57. The zero-order valence-corrected chi connectivity index (χ0v) is 18.5. The van der Waals surface area contributed by atoms with Crippen molar-refractivity contribution in [3.8, 4) is 0 Å². The zero-order chi connectivity index (χ0) is 19.2. The molecule has 3 aromatic rings. The number of nitrogens with zero attached hydrogens (tertiary/aromatic N) is 4. The van der Waals surface area contributed by atoms with Crippen LogP contribution in [0.4, 0.5) is 0 Å². The van der Waals surface area contributed by atoms with Crippen molar-refractivity contribution >= 4 is 57.1 Å². The zero-order valence-electron chi connectivity index (χ0n) is 14.6. The molecule has 1 heterocycles. The standard InChI is InChI=1S/C19H17BrCl2N4S/c1-2-3-18-24-25-19(27-12-13-4-7-15(20)8-5-13)26(18)23-11-14-6-9-16(21)17(22)10-14/h4-11H,2-3,12H2,1H3/b23-11+. The first-order chi connectivity index (χ1) is 13.1. The minimum Gasteiger partial charge on any atom is -0.191 e. The Balaban J connectivity index is 1.81. The molecule has 0 N–H and O–H groups in total. The summed E-state index contributed by atoms with van der Waals surface area (Å²) >= 11 is 17.1. The first kappa shape index (κ1) is 20.4. The smallest absolute Gasteiger partial charge is 0.191 e. The van der Waals surface area contributed by atoms with Gasteiger partial charge >= 0.3 is 0 Å². The lowest BCUT2D eigenvalue weighted by molar-refractivity contribution is 0.700. The number of hydrogen-bond acceptors (Lipinski definition) is 4. The average molecular weight is 484 g/mol. The van der Waals surface area contributed by atoms with Gasteiger partial charge in [-0.05, 0) is 41.8 Å². The molecule has 8 heteroatoms. The van der Waals surface area contributed by atoms with Crippen LogP contribution in [-0.2, 0) is 12.2 Å². The molecule has 2 aromatic carbocycles. The van der Waals surface area contributed by atoms with E-state index in [2.05, 4.69) is 50.3 Å². The fourth-order valence-corrected chi connectivity index (χ4v) is 3.76. The summed E-state index contributed by atoms with van der Waals surface area (Å²) in [5, 5.41) is 15.0. The minimum absolute atomic E-state index is 0.503. The fraction of sp³-hybridized carbons (Fsp3) is 0.211. The summed E-state index contributed by atoms with van der Waals surface area (Å²) in [6, 6.07) is 13.7. The molecule has 0 atom stereocenters. The highest BCUT2D eigenvalue weighted by molar-refractivity contribution is 9.10. The van der Waals surface area contributed by atoms with E-state index in [0.29, 0.717) is 10.0 Å². The second kappa shape index (κ2) is 9.73. The van der Waals surface area contributed by atoms with Crippen LogP contribution in [-0.4, -0.2) is 21.1 Å². The van der Waals surface area contributed by atoms with E-state index in [0.717, 1.165) is 39.6 Å². The molecule has 0 radical (unpaired) electrons. The highest BCUT2D eigenvalue weighted by atomic mass is 79.9. The van der Waals surface area contributed by atoms with Gasteiger partial charge in [-0.15, -0.1) is 10.2 Å². The van der Waals surface area contributed by atoms with Crippen LogP contribution in [0.2, 0.25) is 10.0 Å². The molecule has 4 nitrogen and oxygen atoms in total. The van der Waals surface area contributed by atoms with E-state index in [4.69, 9.17) is 23.2 Å². The summed E-state index contributed by atoms with van der Waals surface area (Å²) in [6.07, 6.45) is 3.52. The van der Waals surface area contributed by atoms with Crippen LogP contribution in [0.3, 0.4) is 0 Å². The Hall–Kier alpha value is -1.34. The highest BCUT2D eigenvalue weighted by Gasteiger charge is 2.11. The van der Waals surface area contributed by atoms with Crippen molar-refractivity contribution < 1.29 is 0 Å². The molecule has 0 saturated carbocycles. The van der Waals surface area contributed by atoms with Crippen LogP contribution in [0.15, 0.2) is 57.2 Å². The summed E-state index contributed by atoms with van der Waals surface area (Å²) < 4.78 is 2.87. The number of aromatic nitrogens is 3. The second-order valence-electron chi connectivity index (χ2n) is 5.79. The molecule has 1 aromatic heterocycles. The predicted octanol–water partition coefficient (Wildman–Crippen LogP) is 6.47. The van der Waals surface area contributed by atoms with Crippen molar-refractivity contribution in [2.24, 2.45) is 5.10 Å². The number of aryl methyl sites for hydroxylation is 1. The number of hydrogen-bond donors (Lipinski definition) is 0. The first-order valence-corrected chi connectivity index (χ1v) is 10.9. The van der Waals surface area contributed by atoms with Gasteiger partial charge in [-0.25, -0.2) is 0 Å². The van der Waals surface area contributed by atoms with Crippen molar-refractivity contribution in [1.82, 2.24) is 14.9 Å². The number of rotatable bonds is 7. The largest absolute Gasteiger partial charge is 0.212 e. The average Bonchev–Trinajstić information content (AvgIpc) is 3.04. The Morgan fingerprint density at radius 2 is 1.89 bits per heavy atom. The molecule has 0 spiro atoms. The predicted molar refractivity (Wildman–Crippen MR) is 117 cm³/mol. The van der Waals surface area contributed by atoms with E-state index in [1.54, 1.807) is 34.8 Å². The maximum atomic E-state index is 6.08. The van der Waals surface area contributed by atoms with Crippen molar-refractivity contribution in [3.05, 3.63) is 73.9 Å². The molecular weight excluding hydrogens is 467 g/mol. The normalized spacial score (nSPS) is 11.4. The number of halogens is 3. The van der Waals surface area contributed by atoms with Gasteiger partial charge in [0.1, 0.15) is 0 Å². The molecule has 3 rings (SSSR count). The maximum Gasteiger partial charge on any atom is 0.212 e. The van der Waals surface area contributed by atoms with Crippen molar-refractivity contribution in [2.45, 2.75) is 30.7 Å². The molecule has 0 unspecified atom stereocenters. The van der Waals surface area contributed by atoms with Crippen LogP contribution in [0.25, 0.3) is 0 Å². The highest BCUT2D eigenvalue weighted by Crippen LogP contribution is 2.24. The molecule has 0 aliphatic heterocycles. The van der Waals surface area contributed by atoms with Crippen molar-refractivity contribution in [1.29, 1.82) is 0 Å². The quantitative estimate of drug-likeness (QED) is 0.285. The summed E-state index contributed by atoms with van der Waals surface area (Å²) in [7, 11) is 0. The van der Waals surface area contributed by atoms with Gasteiger partial charge in [0.2, 0.25) is 5.16 Å². The Bertz CT molecular complexity index is 941. The van der Waals surface area contributed by atoms with E-state index < -0.39 is 0 Å². The Labute approximate surface area is 181 Å². The molecule has 0 amide bonds. The minimum atomic E-state index is 0.503. The van der Waals surface area contributed by atoms with Gasteiger partial charge in [0.15, 0.2) is 5.82 Å². The number of thioether (sulfide) groups is 1. The van der Waals surface area contributed by atoms with Gasteiger partial charge in [-0.1, -0.05) is 76.0 Å². The lowest BCUT2D eigenvalue weighted by Crippen LogP contribution is -2.00. The number of benzene rings is 2. The van der Waals surface area contributed by atoms with Crippen LogP contribution < -0.4 is 0 Å². The monoisotopic (exact) mass is 482 g/mol. The Kier molecular flexibility index (Phi) is 7.35. The van der Waals surface area contributed by atoms with E-state index in [-0.39, 0.29) is 0 Å². The van der Waals surface area contributed by atoms with Crippen molar-refractivity contribution in [2.75, 3.05) is 0 Å². The van der Waals surface area contributed by atoms with Crippen LogP contribution in [0.1, 0.15) is 30.3 Å². The molecular formula is C19H17BrCl2N4S. The molecule has 0 saturated heterocycles. The van der Waals surface area contributed by atoms with Gasteiger partial charge in [-0.2, -0.15) is 9.78 Å². The van der Waals surface area contributed by atoms with E-state index in [1.807, 2.05) is 18.2 Å². The van der Waals surface area contributed by atoms with Gasteiger partial charge in [0.05, 0.1) is 16.3 Å². The van der Waals surface area contributed by atoms with Crippen LogP contribution in [0.5, 0.6) is 0 Å². The Morgan fingerprint density at radius 1 is 1.11 bits per heavy atom. The van der Waals surface area contributed by atoms with Crippen LogP contribution >= 0.6 is 50.9 Å². The van der Waals surface area contributed by atoms with Crippen LogP contribution in [0, 0.1) is 0 Å². The molecule has 0 aliphatic rings. The summed E-state index contributed by atoms with van der Waals surface area (Å²) in [6.45, 7) is 2.11. The van der Waals surface area contributed by atoms with Gasteiger partial charge in [-0.3, -0.25) is 0 Å². The van der Waals surface area contributed by atoms with Gasteiger partial charge in [0, 0.05) is 16.6 Å². The third-order valence-corrected chi connectivity index (χ3v) is 5.96. The van der Waals surface area contributed by atoms with Crippen molar-refractivity contribution in [3.63, 3.8) is 0 Å². The summed E-state index contributed by atoms with van der Waals surface area (Å²) in [4.78, 5) is 0. The van der Waals surface area contributed by atoms with E-state index >= 15 is 0 Å². The molecule has 0 fully saturated rings. The van der Waals surface area contributed by atoms with Gasteiger partial charge in [0.25, 0.3) is 0 Å². The summed E-state index contributed by atoms with van der Waals surface area (Å²) in [5.41, 5.74) is 2.08. The van der Waals surface area contributed by atoms with Gasteiger partial charge < -0.3 is 0 Å². The SMILES string of the molecule is CCCc1nnc(SCc2ccc(Br)cc2)n1/N=C/c1ccc(Cl)c(Cl)c1. The first-order valence-electron chi connectivity index (χ1n) is 8.37. The lowest BCUT2D eigenvalue weighted by atomic mass is 10.2. The third-order valence-electron chi connectivity index (χ3n) is 3.70. The fourth-order valence-electron chi connectivity index (χ4n) is 2.33. The second-order valence-corrected chi connectivity index (χ2v) is 8.47. The topological polar surface area (TPSA) is 43.1 Å². The summed E-state index contributed by atoms with van der Waals surface area (Å²) in [5.74, 6) is 1.63. The molecule has 0 aliphatic carbocycles. The molecule has 140 valence electrons. The lowest BCUT2D eigenvalue weighted by Gasteiger charge is -2.04. The molecule has 27 heavy (non-hydrogen) atoms. The van der Waals surface area contributed by atoms with E-state index in [9.17, 15) is 0 Å². The van der Waals surface area contributed by atoms with E-state index in [1.165, 1.54) is 5.56 Å².